The first kappa shape index (κ1) is 18.9. The van der Waals surface area contributed by atoms with Crippen LogP contribution in [-0.4, -0.2) is 55.2 Å². The Morgan fingerprint density at radius 2 is 2.00 bits per heavy atom. The molecule has 2 atom stereocenters. The number of rotatable bonds is 6. The molecule has 1 aliphatic rings. The van der Waals surface area contributed by atoms with E-state index in [1.165, 1.54) is 4.31 Å². The van der Waals surface area contributed by atoms with Crippen molar-refractivity contribution in [1.29, 1.82) is 0 Å². The third-order valence-corrected chi connectivity index (χ3v) is 6.25. The molecule has 0 aromatic heterocycles. The van der Waals surface area contributed by atoms with E-state index in [1.54, 1.807) is 11.0 Å². The van der Waals surface area contributed by atoms with Crippen molar-refractivity contribution >= 4 is 15.9 Å². The second-order valence-electron chi connectivity index (χ2n) is 6.34. The lowest BCUT2D eigenvalue weighted by molar-refractivity contribution is -0.134. The molecule has 2 rings (SSSR count). The van der Waals surface area contributed by atoms with E-state index in [1.807, 2.05) is 39.0 Å². The number of benzene rings is 1. The molecule has 1 aromatic carbocycles. The van der Waals surface area contributed by atoms with Gasteiger partial charge in [0.1, 0.15) is 6.04 Å². The molecule has 0 radical (unpaired) electrons. The Labute approximate surface area is 144 Å². The predicted molar refractivity (Wildman–Crippen MR) is 94.8 cm³/mol. The molecule has 1 aromatic rings. The molecule has 0 aliphatic carbocycles. The van der Waals surface area contributed by atoms with Crippen molar-refractivity contribution in [2.45, 2.75) is 45.0 Å². The molecule has 0 spiro atoms. The lowest BCUT2D eigenvalue weighted by Gasteiger charge is -2.28. The fourth-order valence-corrected chi connectivity index (χ4v) is 4.96. The summed E-state index contributed by atoms with van der Waals surface area (Å²) in [6.07, 6.45) is 0.377. The van der Waals surface area contributed by atoms with Gasteiger partial charge in [0, 0.05) is 25.7 Å². The molecule has 0 bridgehead atoms. The molecule has 7 heteroatoms. The predicted octanol–water partition coefficient (Wildman–Crippen LogP) is 1.09. The summed E-state index contributed by atoms with van der Waals surface area (Å²) in [5, 5.41) is 0. The smallest absolute Gasteiger partial charge is 0.241 e. The van der Waals surface area contributed by atoms with E-state index in [9.17, 15) is 13.2 Å². The van der Waals surface area contributed by atoms with Crippen LogP contribution in [0.4, 0.5) is 0 Å². The van der Waals surface area contributed by atoms with Gasteiger partial charge in [-0.05, 0) is 32.8 Å². The molecule has 1 fully saturated rings. The number of nitrogens with two attached hydrogens (primary N) is 1. The normalized spacial score (nSPS) is 21.8. The number of hydrogen-bond donors (Lipinski definition) is 1. The van der Waals surface area contributed by atoms with Crippen molar-refractivity contribution < 1.29 is 13.2 Å². The fourth-order valence-electron chi connectivity index (χ4n) is 3.21. The van der Waals surface area contributed by atoms with Crippen molar-refractivity contribution in [3.63, 3.8) is 0 Å². The second kappa shape index (κ2) is 7.63. The molecule has 134 valence electrons. The Morgan fingerprint density at radius 3 is 2.58 bits per heavy atom. The lowest BCUT2D eigenvalue weighted by atomic mass is 10.1. The average molecular weight is 353 g/mol. The molecule has 0 saturated carbocycles. The minimum absolute atomic E-state index is 0.108. The summed E-state index contributed by atoms with van der Waals surface area (Å²) in [5.41, 5.74) is 7.71. The number of hydrogen-bond acceptors (Lipinski definition) is 4. The maximum absolute atomic E-state index is 12.9. The molecule has 1 heterocycles. The van der Waals surface area contributed by atoms with E-state index in [4.69, 9.17) is 5.73 Å². The summed E-state index contributed by atoms with van der Waals surface area (Å²) in [7, 11) is -3.60. The molecule has 1 saturated heterocycles. The molecule has 1 aliphatic heterocycles. The van der Waals surface area contributed by atoms with Crippen molar-refractivity contribution in [3.05, 3.63) is 35.4 Å². The Kier molecular flexibility index (Phi) is 6.01. The molecular weight excluding hydrogens is 326 g/mol. The van der Waals surface area contributed by atoms with Gasteiger partial charge in [-0.2, -0.15) is 4.31 Å². The van der Waals surface area contributed by atoms with Crippen LogP contribution in [0.2, 0.25) is 0 Å². The van der Waals surface area contributed by atoms with Crippen LogP contribution in [0.5, 0.6) is 0 Å². The van der Waals surface area contributed by atoms with E-state index in [-0.39, 0.29) is 24.2 Å². The summed E-state index contributed by atoms with van der Waals surface area (Å²) < 4.78 is 27.1. The lowest BCUT2D eigenvalue weighted by Crippen LogP contribution is -2.47. The van der Waals surface area contributed by atoms with E-state index in [2.05, 4.69) is 0 Å². The largest absolute Gasteiger partial charge is 0.342 e. The first-order chi connectivity index (χ1) is 11.3. The third kappa shape index (κ3) is 4.15. The Bertz CT molecular complexity index is 686. The van der Waals surface area contributed by atoms with Crippen molar-refractivity contribution in [2.75, 3.05) is 19.6 Å². The zero-order chi connectivity index (χ0) is 17.9. The number of likely N-dealkylation sites (N-methyl/N-ethyl adjacent to an activating group) is 1. The van der Waals surface area contributed by atoms with Gasteiger partial charge in [-0.25, -0.2) is 8.42 Å². The maximum atomic E-state index is 12.9. The van der Waals surface area contributed by atoms with E-state index < -0.39 is 16.1 Å². The second-order valence-corrected chi connectivity index (χ2v) is 8.26. The molecule has 6 nitrogen and oxygen atoms in total. The van der Waals surface area contributed by atoms with Gasteiger partial charge >= 0.3 is 0 Å². The van der Waals surface area contributed by atoms with Gasteiger partial charge in [0.15, 0.2) is 0 Å². The van der Waals surface area contributed by atoms with Gasteiger partial charge in [-0.15, -0.1) is 0 Å². The zero-order valence-electron chi connectivity index (χ0n) is 14.6. The topological polar surface area (TPSA) is 83.7 Å². The number of nitrogens with zero attached hydrogens (tertiary/aromatic N) is 2. The number of carbonyl (C=O) groups is 1. The maximum Gasteiger partial charge on any atom is 0.241 e. The monoisotopic (exact) mass is 353 g/mol. The van der Waals surface area contributed by atoms with Crippen LogP contribution in [0.15, 0.2) is 24.3 Å². The number of carbonyl (C=O) groups excluding carboxylic acids is 1. The number of aryl methyl sites for hydroxylation is 1. The number of amides is 1. The summed E-state index contributed by atoms with van der Waals surface area (Å²) in [6.45, 7) is 7.03. The quantitative estimate of drug-likeness (QED) is 0.830. The Balaban J connectivity index is 2.24. The fraction of sp³-hybridized carbons (Fsp3) is 0.588. The van der Waals surface area contributed by atoms with E-state index >= 15 is 0 Å². The van der Waals surface area contributed by atoms with Crippen LogP contribution in [-0.2, 0) is 20.6 Å². The van der Waals surface area contributed by atoms with Crippen LogP contribution >= 0.6 is 0 Å². The van der Waals surface area contributed by atoms with Crippen LogP contribution < -0.4 is 5.73 Å². The summed E-state index contributed by atoms with van der Waals surface area (Å²) in [4.78, 5) is 14.3. The standard InChI is InChI=1S/C17H27N3O3S/c1-4-19(5-2)17(21)16-10-15(18)11-20(16)24(22,23)12-14-8-6-7-13(3)9-14/h6-9,15-16H,4-5,10-12,18H2,1-3H3/t15-,16+/m1/s1. The highest BCUT2D eigenvalue weighted by Crippen LogP contribution is 2.25. The molecular formula is C17H27N3O3S. The van der Waals surface area contributed by atoms with E-state index in [0.717, 1.165) is 11.1 Å². The van der Waals surface area contributed by atoms with Crippen LogP contribution in [0.1, 0.15) is 31.4 Å². The van der Waals surface area contributed by atoms with Gasteiger partial charge in [0.2, 0.25) is 15.9 Å². The van der Waals surface area contributed by atoms with Crippen LogP contribution in [0.3, 0.4) is 0 Å². The summed E-state index contributed by atoms with van der Waals surface area (Å²) in [5.74, 6) is -0.260. The Morgan fingerprint density at radius 1 is 1.33 bits per heavy atom. The summed E-state index contributed by atoms with van der Waals surface area (Å²) >= 11 is 0. The highest BCUT2D eigenvalue weighted by atomic mass is 32.2. The van der Waals surface area contributed by atoms with Crippen molar-refractivity contribution in [3.8, 4) is 0 Å². The van der Waals surface area contributed by atoms with Gasteiger partial charge in [-0.3, -0.25) is 4.79 Å². The summed E-state index contributed by atoms with van der Waals surface area (Å²) in [6, 6.07) is 6.43. The van der Waals surface area contributed by atoms with Gasteiger partial charge in [0.25, 0.3) is 0 Å². The van der Waals surface area contributed by atoms with Gasteiger partial charge < -0.3 is 10.6 Å². The Hall–Kier alpha value is -1.44. The highest BCUT2D eigenvalue weighted by molar-refractivity contribution is 7.88. The molecule has 24 heavy (non-hydrogen) atoms. The SMILES string of the molecule is CCN(CC)C(=O)[C@@H]1C[C@@H](N)CN1S(=O)(=O)Cc1cccc(C)c1. The highest BCUT2D eigenvalue weighted by Gasteiger charge is 2.43. The number of sulfonamides is 1. The molecule has 0 unspecified atom stereocenters. The molecule has 2 N–H and O–H groups in total. The molecule has 1 amide bonds. The minimum atomic E-state index is -3.60. The zero-order valence-corrected chi connectivity index (χ0v) is 15.4. The van der Waals surface area contributed by atoms with Crippen molar-refractivity contribution in [1.82, 2.24) is 9.21 Å². The van der Waals surface area contributed by atoms with Crippen LogP contribution in [0, 0.1) is 6.92 Å². The van der Waals surface area contributed by atoms with Crippen molar-refractivity contribution in [2.24, 2.45) is 5.73 Å². The first-order valence-corrected chi connectivity index (χ1v) is 9.98. The van der Waals surface area contributed by atoms with Gasteiger partial charge in [-0.1, -0.05) is 29.8 Å². The van der Waals surface area contributed by atoms with Gasteiger partial charge in [0.05, 0.1) is 5.75 Å². The third-order valence-electron chi connectivity index (χ3n) is 4.44. The first-order valence-electron chi connectivity index (χ1n) is 8.38. The minimum Gasteiger partial charge on any atom is -0.342 e. The van der Waals surface area contributed by atoms with Crippen LogP contribution in [0.25, 0.3) is 0 Å². The average Bonchev–Trinajstić information content (AvgIpc) is 2.91. The van der Waals surface area contributed by atoms with E-state index in [0.29, 0.717) is 19.5 Å².